The molecule has 7 heteroatoms. The van der Waals surface area contributed by atoms with Crippen molar-refractivity contribution in [2.24, 2.45) is 0 Å². The largest absolute Gasteiger partial charge is 0.500 e. The summed E-state index contributed by atoms with van der Waals surface area (Å²) >= 11 is 1.04. The minimum Gasteiger partial charge on any atom is -0.500 e. The monoisotopic (exact) mass is 358 g/mol. The number of carbonyl (C=O) groups excluding carboxylic acids is 1. The van der Waals surface area contributed by atoms with Gasteiger partial charge in [0.1, 0.15) is 28.1 Å². The summed E-state index contributed by atoms with van der Waals surface area (Å²) in [6.07, 6.45) is 1.35. The van der Waals surface area contributed by atoms with Crippen molar-refractivity contribution in [2.75, 3.05) is 6.61 Å². The number of hydrogen-bond acceptors (Lipinski definition) is 6. The number of hydrogen-bond donors (Lipinski definition) is 0. The van der Waals surface area contributed by atoms with Gasteiger partial charge < -0.3 is 9.47 Å². The van der Waals surface area contributed by atoms with Gasteiger partial charge in [0.25, 0.3) is 5.56 Å². The number of aromatic nitrogens is 1. The number of ether oxygens (including phenoxy) is 2. The molecule has 1 aromatic heterocycles. The molecule has 0 aliphatic carbocycles. The molecule has 0 fully saturated rings. The highest BCUT2D eigenvalue weighted by Crippen LogP contribution is 2.04. The van der Waals surface area contributed by atoms with Gasteiger partial charge >= 0.3 is 5.97 Å². The third-order valence-corrected chi connectivity index (χ3v) is 4.43. The molecule has 2 rings (SSSR count). The second kappa shape index (κ2) is 8.85. The Labute approximate surface area is 148 Å². The number of nitrogens with zero attached hydrogens (tertiary/aromatic N) is 2. The Morgan fingerprint density at radius 3 is 2.64 bits per heavy atom. The fourth-order valence-corrected chi connectivity index (χ4v) is 3.19. The number of esters is 1. The van der Waals surface area contributed by atoms with Gasteiger partial charge in [-0.1, -0.05) is 30.3 Å². The summed E-state index contributed by atoms with van der Waals surface area (Å²) in [6.45, 7) is 4.39. The Morgan fingerprint density at radius 2 is 2.04 bits per heavy atom. The standard InChI is InChI=1S/C18H18N2O4S/c1-3-20-16(21)15(12-23-4-2)25-17(20)14(10-19)18(22)24-11-13-8-6-5-7-9-13/h5-9,12H,3-4,11H2,1-2H3/b15-12-,17-14-. The first kappa shape index (κ1) is 18.5. The molecule has 1 heterocycles. The molecule has 2 aromatic rings. The van der Waals surface area contributed by atoms with Crippen LogP contribution in [-0.4, -0.2) is 17.1 Å². The van der Waals surface area contributed by atoms with Crippen LogP contribution in [0.1, 0.15) is 19.4 Å². The van der Waals surface area contributed by atoms with Gasteiger partial charge in [0.2, 0.25) is 0 Å². The molecule has 0 spiro atoms. The van der Waals surface area contributed by atoms with Crippen molar-refractivity contribution in [1.82, 2.24) is 4.57 Å². The number of carbonyl (C=O) groups is 1. The molecule has 0 bridgehead atoms. The molecule has 0 amide bonds. The fourth-order valence-electron chi connectivity index (χ4n) is 2.11. The van der Waals surface area contributed by atoms with Crippen LogP contribution in [-0.2, 0) is 27.4 Å². The zero-order valence-corrected chi connectivity index (χ0v) is 14.8. The highest BCUT2D eigenvalue weighted by Gasteiger charge is 2.17. The molecule has 0 aliphatic rings. The van der Waals surface area contributed by atoms with Crippen molar-refractivity contribution < 1.29 is 14.3 Å². The highest BCUT2D eigenvalue weighted by molar-refractivity contribution is 7.07. The second-order valence-corrected chi connectivity index (χ2v) is 5.97. The maximum Gasteiger partial charge on any atom is 0.352 e. The number of benzene rings is 1. The van der Waals surface area contributed by atoms with Crippen LogP contribution in [0.4, 0.5) is 0 Å². The van der Waals surface area contributed by atoms with Crippen LogP contribution in [0.25, 0.3) is 11.8 Å². The molecule has 1 aromatic carbocycles. The summed E-state index contributed by atoms with van der Waals surface area (Å²) in [7, 11) is 0. The molecule has 130 valence electrons. The predicted molar refractivity (Wildman–Crippen MR) is 94.9 cm³/mol. The quantitative estimate of drug-likeness (QED) is 0.723. The number of thiazole rings is 1. The lowest BCUT2D eigenvalue weighted by atomic mass is 10.2. The molecule has 0 saturated carbocycles. The van der Waals surface area contributed by atoms with Gasteiger partial charge in [-0.25, -0.2) is 4.79 Å². The van der Waals surface area contributed by atoms with Crippen LogP contribution < -0.4 is 14.8 Å². The van der Waals surface area contributed by atoms with E-state index >= 15 is 0 Å². The van der Waals surface area contributed by atoms with Gasteiger partial charge in [-0.15, -0.1) is 11.3 Å². The van der Waals surface area contributed by atoms with Crippen molar-refractivity contribution >= 4 is 29.1 Å². The minimum atomic E-state index is -0.752. The van der Waals surface area contributed by atoms with Crippen LogP contribution >= 0.6 is 11.3 Å². The van der Waals surface area contributed by atoms with Gasteiger partial charge in [-0.3, -0.25) is 9.36 Å². The lowest BCUT2D eigenvalue weighted by molar-refractivity contribution is -0.137. The van der Waals surface area contributed by atoms with Crippen LogP contribution in [0.15, 0.2) is 35.1 Å². The Balaban J connectivity index is 2.42. The molecular formula is C18H18N2O4S. The van der Waals surface area contributed by atoms with E-state index in [1.54, 1.807) is 13.8 Å². The topological polar surface area (TPSA) is 81.3 Å². The second-order valence-electron chi connectivity index (χ2n) is 4.94. The van der Waals surface area contributed by atoms with Crippen molar-refractivity contribution in [1.29, 1.82) is 5.26 Å². The maximum atomic E-state index is 12.3. The summed E-state index contributed by atoms with van der Waals surface area (Å²) in [5.74, 6) is -0.752. The van der Waals surface area contributed by atoms with E-state index in [0.717, 1.165) is 16.9 Å². The summed E-state index contributed by atoms with van der Waals surface area (Å²) in [5.41, 5.74) is 0.341. The summed E-state index contributed by atoms with van der Waals surface area (Å²) in [6, 6.07) is 11.0. The Bertz CT molecular complexity index is 952. The molecule has 6 nitrogen and oxygen atoms in total. The molecular weight excluding hydrogens is 340 g/mol. The molecule has 0 N–H and O–H groups in total. The Kier molecular flexibility index (Phi) is 6.54. The van der Waals surface area contributed by atoms with E-state index < -0.39 is 5.97 Å². The number of rotatable bonds is 6. The van der Waals surface area contributed by atoms with Crippen molar-refractivity contribution in [3.8, 4) is 6.07 Å². The smallest absolute Gasteiger partial charge is 0.352 e. The molecule has 25 heavy (non-hydrogen) atoms. The molecule has 0 saturated heterocycles. The van der Waals surface area contributed by atoms with Gasteiger partial charge in [0.15, 0.2) is 5.57 Å². The molecule has 0 atom stereocenters. The van der Waals surface area contributed by atoms with Gasteiger partial charge in [0.05, 0.1) is 6.61 Å². The first-order valence-corrected chi connectivity index (χ1v) is 8.60. The summed E-state index contributed by atoms with van der Waals surface area (Å²) in [4.78, 5) is 24.7. The van der Waals surface area contributed by atoms with Crippen LogP contribution in [0.2, 0.25) is 0 Å². The zero-order chi connectivity index (χ0) is 18.2. The number of nitriles is 1. The van der Waals surface area contributed by atoms with E-state index in [-0.39, 0.29) is 22.4 Å². The fraction of sp³-hybridized carbons (Fsp3) is 0.278. The van der Waals surface area contributed by atoms with E-state index in [4.69, 9.17) is 9.47 Å². The third kappa shape index (κ3) is 4.37. The van der Waals surface area contributed by atoms with Crippen molar-refractivity contribution in [2.45, 2.75) is 27.0 Å². The molecule has 0 aliphatic heterocycles. The predicted octanol–water partition coefficient (Wildman–Crippen LogP) is 1.12. The Hall–Kier alpha value is -2.85. The average Bonchev–Trinajstić information content (AvgIpc) is 2.95. The summed E-state index contributed by atoms with van der Waals surface area (Å²) in [5, 5.41) is 9.41. The van der Waals surface area contributed by atoms with E-state index in [1.165, 1.54) is 10.8 Å². The molecule has 0 radical (unpaired) electrons. The first-order chi connectivity index (χ1) is 12.1. The van der Waals surface area contributed by atoms with E-state index in [2.05, 4.69) is 0 Å². The Morgan fingerprint density at radius 1 is 1.32 bits per heavy atom. The van der Waals surface area contributed by atoms with Crippen LogP contribution in [0, 0.1) is 11.3 Å². The van der Waals surface area contributed by atoms with Gasteiger partial charge in [-0.2, -0.15) is 5.26 Å². The van der Waals surface area contributed by atoms with E-state index in [0.29, 0.717) is 17.7 Å². The van der Waals surface area contributed by atoms with Gasteiger partial charge in [0, 0.05) is 6.54 Å². The van der Waals surface area contributed by atoms with Crippen LogP contribution in [0.3, 0.4) is 0 Å². The lowest BCUT2D eigenvalue weighted by Crippen LogP contribution is -2.32. The highest BCUT2D eigenvalue weighted by atomic mass is 32.1. The zero-order valence-electron chi connectivity index (χ0n) is 14.0. The van der Waals surface area contributed by atoms with Crippen molar-refractivity contribution in [3.05, 3.63) is 55.4 Å². The third-order valence-electron chi connectivity index (χ3n) is 3.32. The maximum absolute atomic E-state index is 12.3. The van der Waals surface area contributed by atoms with E-state index in [1.807, 2.05) is 36.4 Å². The average molecular weight is 358 g/mol. The lowest BCUT2D eigenvalue weighted by Gasteiger charge is -2.04. The normalized spacial score (nSPS) is 12.4. The molecule has 0 unspecified atom stereocenters. The van der Waals surface area contributed by atoms with E-state index in [9.17, 15) is 14.9 Å². The van der Waals surface area contributed by atoms with Crippen molar-refractivity contribution in [3.63, 3.8) is 0 Å². The summed E-state index contributed by atoms with van der Waals surface area (Å²) < 4.78 is 12.4. The van der Waals surface area contributed by atoms with Crippen LogP contribution in [0.5, 0.6) is 0 Å². The first-order valence-electron chi connectivity index (χ1n) is 7.79. The van der Waals surface area contributed by atoms with Gasteiger partial charge in [-0.05, 0) is 19.4 Å². The SMILES string of the molecule is CCO/C=c1\s/c(=C(/C#N)C(=O)OCc2ccccc2)n(CC)c1=O. The minimum absolute atomic E-state index is 0.0600.